The van der Waals surface area contributed by atoms with Crippen LogP contribution in [0.25, 0.3) is 0 Å². The minimum Gasteiger partial charge on any atom is -0.370 e. The Kier molecular flexibility index (Phi) is 7.18. The van der Waals surface area contributed by atoms with Gasteiger partial charge in [0.2, 0.25) is 5.95 Å². The summed E-state index contributed by atoms with van der Waals surface area (Å²) < 4.78 is 0. The maximum atomic E-state index is 5.30. The van der Waals surface area contributed by atoms with E-state index in [0.717, 1.165) is 23.8 Å². The Morgan fingerprint density at radius 1 is 1.21 bits per heavy atom. The summed E-state index contributed by atoms with van der Waals surface area (Å²) in [6.45, 7) is 7.50. The van der Waals surface area contributed by atoms with Crippen molar-refractivity contribution in [2.75, 3.05) is 17.3 Å². The Morgan fingerprint density at radius 3 is 2.63 bits per heavy atom. The van der Waals surface area contributed by atoms with E-state index in [0.29, 0.717) is 5.95 Å². The lowest BCUT2D eigenvalue weighted by atomic mass is 10.0. The molecule has 19 heavy (non-hydrogen) atoms. The average molecular weight is 265 g/mol. The zero-order valence-corrected chi connectivity index (χ0v) is 12.4. The van der Waals surface area contributed by atoms with E-state index in [4.69, 9.17) is 5.84 Å². The minimum atomic E-state index is 0.449. The van der Waals surface area contributed by atoms with Gasteiger partial charge in [-0.15, -0.1) is 0 Å². The highest BCUT2D eigenvalue weighted by molar-refractivity contribution is 5.45. The molecule has 0 amide bonds. The first-order valence-electron chi connectivity index (χ1n) is 7.17. The van der Waals surface area contributed by atoms with Crippen molar-refractivity contribution in [3.63, 3.8) is 0 Å². The molecule has 0 aliphatic rings. The molecule has 0 aliphatic carbocycles. The van der Waals surface area contributed by atoms with Crippen molar-refractivity contribution in [2.45, 2.75) is 52.9 Å². The van der Waals surface area contributed by atoms with Gasteiger partial charge in [0.1, 0.15) is 5.82 Å². The minimum absolute atomic E-state index is 0.449. The number of hydrogen-bond acceptors (Lipinski definition) is 5. The standard InChI is InChI=1S/C14H27N5/c1-11(2)8-6-4-5-7-9-16-13-12(3)10-17-14(18-13)19-15/h10-11H,4-9,15H2,1-3H3,(H2,16,17,18,19). The van der Waals surface area contributed by atoms with Gasteiger partial charge in [-0.25, -0.2) is 10.8 Å². The van der Waals surface area contributed by atoms with Crippen LogP contribution in [0, 0.1) is 12.8 Å². The number of hydrogen-bond donors (Lipinski definition) is 3. The topological polar surface area (TPSA) is 75.9 Å². The van der Waals surface area contributed by atoms with Crippen LogP contribution in [0.3, 0.4) is 0 Å². The van der Waals surface area contributed by atoms with E-state index in [-0.39, 0.29) is 0 Å². The summed E-state index contributed by atoms with van der Waals surface area (Å²) in [6.07, 6.45) is 8.21. The number of unbranched alkanes of at least 4 members (excludes halogenated alkanes) is 3. The molecular weight excluding hydrogens is 238 g/mol. The third kappa shape index (κ3) is 6.38. The molecule has 1 aromatic rings. The van der Waals surface area contributed by atoms with Gasteiger partial charge in [0.05, 0.1) is 0 Å². The summed E-state index contributed by atoms with van der Waals surface area (Å²) in [4.78, 5) is 8.35. The monoisotopic (exact) mass is 265 g/mol. The van der Waals surface area contributed by atoms with Gasteiger partial charge in [0.25, 0.3) is 0 Å². The Labute approximate surface area is 116 Å². The number of anilines is 2. The van der Waals surface area contributed by atoms with Crippen LogP contribution in [0.5, 0.6) is 0 Å². The lowest BCUT2D eigenvalue weighted by Crippen LogP contribution is -2.13. The first-order valence-corrected chi connectivity index (χ1v) is 7.17. The van der Waals surface area contributed by atoms with Crippen molar-refractivity contribution < 1.29 is 0 Å². The lowest BCUT2D eigenvalue weighted by molar-refractivity contribution is 0.523. The van der Waals surface area contributed by atoms with Crippen molar-refractivity contribution in [3.05, 3.63) is 11.8 Å². The molecule has 0 spiro atoms. The second kappa shape index (κ2) is 8.69. The quantitative estimate of drug-likeness (QED) is 0.363. The van der Waals surface area contributed by atoms with Gasteiger partial charge >= 0.3 is 0 Å². The van der Waals surface area contributed by atoms with Crippen LogP contribution in [0.4, 0.5) is 11.8 Å². The summed E-state index contributed by atoms with van der Waals surface area (Å²) in [5, 5.41) is 3.34. The van der Waals surface area contributed by atoms with Crippen LogP contribution in [0.15, 0.2) is 6.20 Å². The largest absolute Gasteiger partial charge is 0.370 e. The highest BCUT2D eigenvalue weighted by Gasteiger charge is 2.02. The summed E-state index contributed by atoms with van der Waals surface area (Å²) in [6, 6.07) is 0. The van der Waals surface area contributed by atoms with Crippen molar-refractivity contribution >= 4 is 11.8 Å². The van der Waals surface area contributed by atoms with Gasteiger partial charge in [-0.1, -0.05) is 39.5 Å². The summed E-state index contributed by atoms with van der Waals surface area (Å²) in [5.74, 6) is 7.44. The molecule has 1 aromatic heterocycles. The van der Waals surface area contributed by atoms with Gasteiger partial charge in [0.15, 0.2) is 0 Å². The summed E-state index contributed by atoms with van der Waals surface area (Å²) >= 11 is 0. The highest BCUT2D eigenvalue weighted by atomic mass is 15.3. The van der Waals surface area contributed by atoms with E-state index in [1.165, 1.54) is 32.1 Å². The molecule has 1 rings (SSSR count). The second-order valence-electron chi connectivity index (χ2n) is 5.39. The second-order valence-corrected chi connectivity index (χ2v) is 5.39. The van der Waals surface area contributed by atoms with Gasteiger partial charge in [-0.2, -0.15) is 4.98 Å². The molecule has 5 heteroatoms. The van der Waals surface area contributed by atoms with E-state index in [1.807, 2.05) is 6.92 Å². The fourth-order valence-electron chi connectivity index (χ4n) is 1.93. The molecule has 5 nitrogen and oxygen atoms in total. The lowest BCUT2D eigenvalue weighted by Gasteiger charge is -2.09. The number of rotatable bonds is 9. The van der Waals surface area contributed by atoms with Crippen LogP contribution >= 0.6 is 0 Å². The molecule has 0 aromatic carbocycles. The maximum Gasteiger partial charge on any atom is 0.239 e. The highest BCUT2D eigenvalue weighted by Crippen LogP contribution is 2.13. The third-order valence-electron chi connectivity index (χ3n) is 3.10. The predicted octanol–water partition coefficient (Wildman–Crippen LogP) is 3.09. The number of nitrogens with one attached hydrogen (secondary N) is 2. The zero-order chi connectivity index (χ0) is 14.1. The van der Waals surface area contributed by atoms with Crippen molar-refractivity contribution in [3.8, 4) is 0 Å². The van der Waals surface area contributed by atoms with Crippen molar-refractivity contribution in [1.29, 1.82) is 0 Å². The summed E-state index contributed by atoms with van der Waals surface area (Å²) in [5.41, 5.74) is 3.50. The molecule has 0 saturated heterocycles. The number of aryl methyl sites for hydroxylation is 1. The first-order chi connectivity index (χ1) is 9.13. The smallest absolute Gasteiger partial charge is 0.239 e. The van der Waals surface area contributed by atoms with Gasteiger partial charge in [-0.3, -0.25) is 5.43 Å². The van der Waals surface area contributed by atoms with E-state index >= 15 is 0 Å². The fraction of sp³-hybridized carbons (Fsp3) is 0.714. The van der Waals surface area contributed by atoms with Gasteiger partial charge < -0.3 is 5.32 Å². The van der Waals surface area contributed by atoms with Crippen molar-refractivity contribution in [1.82, 2.24) is 9.97 Å². The zero-order valence-electron chi connectivity index (χ0n) is 12.4. The molecular formula is C14H27N5. The van der Waals surface area contributed by atoms with Crippen LogP contribution in [0.1, 0.15) is 51.5 Å². The SMILES string of the molecule is Cc1cnc(NN)nc1NCCCCCCC(C)C. The molecule has 1 heterocycles. The van der Waals surface area contributed by atoms with Gasteiger partial charge in [0, 0.05) is 18.3 Å². The number of aromatic nitrogens is 2. The Balaban J connectivity index is 2.18. The number of nitrogens with two attached hydrogens (primary N) is 1. The molecule has 0 saturated carbocycles. The fourth-order valence-corrected chi connectivity index (χ4v) is 1.93. The van der Waals surface area contributed by atoms with Crippen LogP contribution in [0.2, 0.25) is 0 Å². The van der Waals surface area contributed by atoms with E-state index in [1.54, 1.807) is 6.20 Å². The molecule has 0 unspecified atom stereocenters. The van der Waals surface area contributed by atoms with E-state index < -0.39 is 0 Å². The van der Waals surface area contributed by atoms with Crippen LogP contribution in [-0.4, -0.2) is 16.5 Å². The normalized spacial score (nSPS) is 10.8. The molecule has 108 valence electrons. The summed E-state index contributed by atoms with van der Waals surface area (Å²) in [7, 11) is 0. The van der Waals surface area contributed by atoms with Crippen LogP contribution in [-0.2, 0) is 0 Å². The maximum absolute atomic E-state index is 5.30. The van der Waals surface area contributed by atoms with Crippen molar-refractivity contribution in [2.24, 2.45) is 11.8 Å². The predicted molar refractivity (Wildman–Crippen MR) is 81.0 cm³/mol. The molecule has 0 fully saturated rings. The first kappa shape index (κ1) is 15.7. The number of nitrogens with zero attached hydrogens (tertiary/aromatic N) is 2. The molecule has 0 radical (unpaired) electrons. The molecule has 0 bridgehead atoms. The average Bonchev–Trinajstić information content (AvgIpc) is 2.39. The Morgan fingerprint density at radius 2 is 1.95 bits per heavy atom. The number of nitrogen functional groups attached to an aromatic ring is 1. The van der Waals surface area contributed by atoms with E-state index in [9.17, 15) is 0 Å². The number of hydrazine groups is 1. The Bertz CT molecular complexity index is 365. The third-order valence-corrected chi connectivity index (χ3v) is 3.10. The van der Waals surface area contributed by atoms with Gasteiger partial charge in [-0.05, 0) is 19.3 Å². The van der Waals surface area contributed by atoms with Crippen LogP contribution < -0.4 is 16.6 Å². The van der Waals surface area contributed by atoms with E-state index in [2.05, 4.69) is 34.6 Å². The molecule has 0 atom stereocenters. The molecule has 4 N–H and O–H groups in total. The Hall–Kier alpha value is -1.36. The molecule has 0 aliphatic heterocycles.